The number of nitrogens with zero attached hydrogens (tertiary/aromatic N) is 1. The molecule has 1 aliphatic carbocycles. The van der Waals surface area contributed by atoms with Gasteiger partial charge in [0.25, 0.3) is 0 Å². The lowest BCUT2D eigenvalue weighted by molar-refractivity contribution is -0.112. The second kappa shape index (κ2) is 2.98. The van der Waals surface area contributed by atoms with Crippen LogP contribution in [0, 0.1) is 5.41 Å². The minimum atomic E-state index is 0.0595. The summed E-state index contributed by atoms with van der Waals surface area (Å²) in [6.45, 7) is 0. The Morgan fingerprint density at radius 1 is 1.67 bits per heavy atom. The molecule has 0 atom stereocenters. The maximum Gasteiger partial charge on any atom is 0.126 e. The van der Waals surface area contributed by atoms with Crippen LogP contribution in [-0.4, -0.2) is 10.7 Å². The van der Waals surface area contributed by atoms with E-state index in [1.165, 1.54) is 16.4 Å². The molecule has 1 fully saturated rings. The Hall–Kier alpha value is -0.700. The number of aryl methyl sites for hydroxylation is 1. The fraction of sp³-hybridized carbons (Fsp3) is 0.556. The molecule has 0 saturated heterocycles. The third-order valence-electron chi connectivity index (χ3n) is 2.50. The third-order valence-corrected chi connectivity index (χ3v) is 3.30. The number of hydrogen-bond acceptors (Lipinski definition) is 3. The Labute approximate surface area is 75.8 Å². The molecule has 2 rings (SSSR count). The average Bonchev–Trinajstić information content (AvgIpc) is 2.70. The van der Waals surface area contributed by atoms with Crippen LogP contribution in [0.25, 0.3) is 0 Å². The molecule has 0 radical (unpaired) electrons. The monoisotopic (exact) mass is 181 g/mol. The summed E-state index contributed by atoms with van der Waals surface area (Å²) in [6.07, 6.45) is 7.17. The summed E-state index contributed by atoms with van der Waals surface area (Å²) in [4.78, 5) is 11.9. The second-order valence-corrected chi connectivity index (χ2v) is 4.38. The summed E-state index contributed by atoms with van der Waals surface area (Å²) in [5.41, 5.74) is 0.0595. The van der Waals surface area contributed by atoms with Crippen molar-refractivity contribution in [3.63, 3.8) is 0 Å². The van der Waals surface area contributed by atoms with Gasteiger partial charge in [0, 0.05) is 16.5 Å². The molecule has 0 aliphatic heterocycles. The van der Waals surface area contributed by atoms with Crippen LogP contribution >= 0.6 is 11.5 Å². The van der Waals surface area contributed by atoms with E-state index in [1.807, 2.05) is 12.3 Å². The van der Waals surface area contributed by atoms with Gasteiger partial charge in [-0.1, -0.05) is 0 Å². The van der Waals surface area contributed by atoms with Gasteiger partial charge in [-0.05, 0) is 43.3 Å². The molecule has 1 aromatic rings. The molecule has 1 aliphatic rings. The maximum absolute atomic E-state index is 10.6. The first-order valence-corrected chi connectivity index (χ1v) is 4.98. The molecule has 0 N–H and O–H groups in total. The van der Waals surface area contributed by atoms with Gasteiger partial charge in [-0.25, -0.2) is 4.37 Å². The Kier molecular flexibility index (Phi) is 1.97. The fourth-order valence-electron chi connectivity index (χ4n) is 1.33. The second-order valence-electron chi connectivity index (χ2n) is 3.46. The zero-order valence-corrected chi connectivity index (χ0v) is 7.64. The number of aromatic nitrogens is 1. The van der Waals surface area contributed by atoms with Crippen molar-refractivity contribution in [2.45, 2.75) is 25.7 Å². The van der Waals surface area contributed by atoms with Crippen molar-refractivity contribution in [1.29, 1.82) is 0 Å². The molecule has 0 bridgehead atoms. The van der Waals surface area contributed by atoms with Crippen LogP contribution in [0.1, 0.15) is 24.1 Å². The van der Waals surface area contributed by atoms with E-state index in [-0.39, 0.29) is 5.41 Å². The highest BCUT2D eigenvalue weighted by atomic mass is 32.1. The SMILES string of the molecule is O=CC1(CCc2ccns2)CC1. The highest BCUT2D eigenvalue weighted by molar-refractivity contribution is 7.05. The number of hydrogen-bond donors (Lipinski definition) is 0. The first kappa shape index (κ1) is 7.92. The Balaban J connectivity index is 1.86. The predicted octanol–water partition coefficient (Wildman–Crippen LogP) is 2.05. The van der Waals surface area contributed by atoms with Gasteiger partial charge in [-0.15, -0.1) is 0 Å². The normalized spacial score (nSPS) is 19.0. The molecule has 3 heteroatoms. The smallest absolute Gasteiger partial charge is 0.126 e. The first-order chi connectivity index (χ1) is 5.85. The van der Waals surface area contributed by atoms with Crippen molar-refractivity contribution in [2.24, 2.45) is 5.41 Å². The molecular weight excluding hydrogens is 170 g/mol. The molecule has 1 saturated carbocycles. The van der Waals surface area contributed by atoms with Crippen LogP contribution in [0.4, 0.5) is 0 Å². The van der Waals surface area contributed by atoms with E-state index in [4.69, 9.17) is 0 Å². The van der Waals surface area contributed by atoms with Crippen molar-refractivity contribution in [2.75, 3.05) is 0 Å². The standard InChI is InChI=1S/C9H11NOS/c11-7-9(4-5-9)3-1-8-2-6-10-12-8/h2,6-7H,1,3-5H2. The summed E-state index contributed by atoms with van der Waals surface area (Å²) >= 11 is 1.54. The van der Waals surface area contributed by atoms with Gasteiger partial charge in [-0.3, -0.25) is 0 Å². The maximum atomic E-state index is 10.6. The highest BCUT2D eigenvalue weighted by Gasteiger charge is 2.41. The largest absolute Gasteiger partial charge is 0.303 e. The van der Waals surface area contributed by atoms with E-state index in [0.717, 1.165) is 32.0 Å². The molecule has 12 heavy (non-hydrogen) atoms. The van der Waals surface area contributed by atoms with Crippen LogP contribution in [-0.2, 0) is 11.2 Å². The Bertz CT molecular complexity index is 264. The van der Waals surface area contributed by atoms with E-state index in [9.17, 15) is 4.79 Å². The van der Waals surface area contributed by atoms with Gasteiger partial charge < -0.3 is 4.79 Å². The molecule has 0 aromatic carbocycles. The van der Waals surface area contributed by atoms with E-state index < -0.39 is 0 Å². The van der Waals surface area contributed by atoms with Crippen molar-refractivity contribution in [3.8, 4) is 0 Å². The van der Waals surface area contributed by atoms with Crippen LogP contribution < -0.4 is 0 Å². The number of aldehydes is 1. The lowest BCUT2D eigenvalue weighted by atomic mass is 10.0. The Morgan fingerprint density at radius 3 is 3.00 bits per heavy atom. The van der Waals surface area contributed by atoms with E-state index in [1.54, 1.807) is 0 Å². The van der Waals surface area contributed by atoms with Crippen molar-refractivity contribution < 1.29 is 4.79 Å². The minimum Gasteiger partial charge on any atom is -0.303 e. The van der Waals surface area contributed by atoms with Gasteiger partial charge in [0.05, 0.1) is 0 Å². The van der Waals surface area contributed by atoms with Crippen molar-refractivity contribution in [3.05, 3.63) is 17.1 Å². The molecule has 1 heterocycles. The lowest BCUT2D eigenvalue weighted by Crippen LogP contribution is -2.02. The first-order valence-electron chi connectivity index (χ1n) is 4.21. The van der Waals surface area contributed by atoms with Crippen LogP contribution in [0.15, 0.2) is 12.3 Å². The lowest BCUT2D eigenvalue weighted by Gasteiger charge is -2.03. The van der Waals surface area contributed by atoms with E-state index in [0.29, 0.717) is 0 Å². The summed E-state index contributed by atoms with van der Waals surface area (Å²) in [5.74, 6) is 0. The third kappa shape index (κ3) is 1.55. The van der Waals surface area contributed by atoms with Gasteiger partial charge >= 0.3 is 0 Å². The minimum absolute atomic E-state index is 0.0595. The van der Waals surface area contributed by atoms with Crippen molar-refractivity contribution in [1.82, 2.24) is 4.37 Å². The number of carbonyl (C=O) groups is 1. The summed E-state index contributed by atoms with van der Waals surface area (Å²) in [5, 5.41) is 0. The fourth-order valence-corrected chi connectivity index (χ4v) is 1.90. The summed E-state index contributed by atoms with van der Waals surface area (Å²) in [6, 6.07) is 2.03. The topological polar surface area (TPSA) is 30.0 Å². The highest BCUT2D eigenvalue weighted by Crippen LogP contribution is 2.47. The van der Waals surface area contributed by atoms with E-state index >= 15 is 0 Å². The average molecular weight is 181 g/mol. The molecular formula is C9H11NOS. The number of rotatable bonds is 4. The summed E-state index contributed by atoms with van der Waals surface area (Å²) < 4.78 is 4.02. The van der Waals surface area contributed by atoms with Crippen molar-refractivity contribution >= 4 is 17.8 Å². The van der Waals surface area contributed by atoms with Crippen LogP contribution in [0.3, 0.4) is 0 Å². The Morgan fingerprint density at radius 2 is 2.50 bits per heavy atom. The zero-order valence-electron chi connectivity index (χ0n) is 6.82. The molecule has 0 spiro atoms. The predicted molar refractivity (Wildman–Crippen MR) is 48.2 cm³/mol. The molecule has 0 amide bonds. The molecule has 0 unspecified atom stereocenters. The van der Waals surface area contributed by atoms with Crippen LogP contribution in [0.5, 0.6) is 0 Å². The quantitative estimate of drug-likeness (QED) is 0.665. The van der Waals surface area contributed by atoms with Crippen LogP contribution in [0.2, 0.25) is 0 Å². The van der Waals surface area contributed by atoms with E-state index in [2.05, 4.69) is 4.37 Å². The molecule has 64 valence electrons. The van der Waals surface area contributed by atoms with Gasteiger partial charge in [-0.2, -0.15) is 0 Å². The molecule has 2 nitrogen and oxygen atoms in total. The van der Waals surface area contributed by atoms with Gasteiger partial charge in [0.2, 0.25) is 0 Å². The number of carbonyl (C=O) groups excluding carboxylic acids is 1. The molecule has 1 aromatic heterocycles. The summed E-state index contributed by atoms with van der Waals surface area (Å²) in [7, 11) is 0. The van der Waals surface area contributed by atoms with Gasteiger partial charge in [0.1, 0.15) is 6.29 Å². The van der Waals surface area contributed by atoms with Gasteiger partial charge in [0.15, 0.2) is 0 Å². The zero-order chi connectivity index (χ0) is 8.44.